The highest BCUT2D eigenvalue weighted by Gasteiger charge is 2.18. The standard InChI is InChI=1S/C14H11ClFNO2/c1-17(9-4-2-5-10(18)8-9)14(19)11-6-3-7-12(16)13(11)15/h2-8,18H,1H3. The van der Waals surface area contributed by atoms with Crippen molar-refractivity contribution >= 4 is 23.2 Å². The van der Waals surface area contributed by atoms with E-state index in [-0.39, 0.29) is 16.3 Å². The molecule has 0 saturated carbocycles. The van der Waals surface area contributed by atoms with E-state index in [0.717, 1.165) is 0 Å². The molecule has 0 atom stereocenters. The van der Waals surface area contributed by atoms with Crippen LogP contribution in [0.15, 0.2) is 42.5 Å². The molecular formula is C14H11ClFNO2. The van der Waals surface area contributed by atoms with E-state index in [1.54, 1.807) is 12.1 Å². The highest BCUT2D eigenvalue weighted by molar-refractivity contribution is 6.34. The summed E-state index contributed by atoms with van der Waals surface area (Å²) in [6.07, 6.45) is 0. The molecule has 0 aliphatic rings. The van der Waals surface area contributed by atoms with Gasteiger partial charge in [0.15, 0.2) is 0 Å². The molecule has 0 unspecified atom stereocenters. The summed E-state index contributed by atoms with van der Waals surface area (Å²) in [4.78, 5) is 13.5. The van der Waals surface area contributed by atoms with Crippen LogP contribution >= 0.6 is 11.6 Å². The third kappa shape index (κ3) is 2.69. The topological polar surface area (TPSA) is 40.5 Å². The van der Waals surface area contributed by atoms with E-state index in [4.69, 9.17) is 11.6 Å². The molecule has 0 radical (unpaired) electrons. The number of rotatable bonds is 2. The van der Waals surface area contributed by atoms with Crippen LogP contribution in [-0.4, -0.2) is 18.1 Å². The van der Waals surface area contributed by atoms with Gasteiger partial charge >= 0.3 is 0 Å². The summed E-state index contributed by atoms with van der Waals surface area (Å²) in [5.74, 6) is -1.05. The molecule has 2 aromatic rings. The summed E-state index contributed by atoms with van der Waals surface area (Å²) in [6.45, 7) is 0. The van der Waals surface area contributed by atoms with Gasteiger partial charge in [-0.2, -0.15) is 0 Å². The zero-order valence-corrected chi connectivity index (χ0v) is 10.9. The Morgan fingerprint density at radius 3 is 2.63 bits per heavy atom. The lowest BCUT2D eigenvalue weighted by Crippen LogP contribution is -2.26. The van der Waals surface area contributed by atoms with Crippen LogP contribution in [0.2, 0.25) is 5.02 Å². The second-order valence-electron chi connectivity index (χ2n) is 3.99. The number of benzene rings is 2. The van der Waals surface area contributed by atoms with E-state index in [1.165, 1.54) is 42.3 Å². The zero-order chi connectivity index (χ0) is 14.0. The number of phenolic OH excluding ortho intramolecular Hbond substituents is 1. The second-order valence-corrected chi connectivity index (χ2v) is 4.36. The number of halogens is 2. The lowest BCUT2D eigenvalue weighted by Gasteiger charge is -2.18. The van der Waals surface area contributed by atoms with Crippen molar-refractivity contribution in [2.24, 2.45) is 0 Å². The first-order valence-corrected chi connectivity index (χ1v) is 5.89. The lowest BCUT2D eigenvalue weighted by atomic mass is 10.1. The number of aromatic hydroxyl groups is 1. The first kappa shape index (κ1) is 13.4. The molecule has 19 heavy (non-hydrogen) atoms. The predicted octanol–water partition coefficient (Wildman–Crippen LogP) is 3.46. The molecule has 0 spiro atoms. The molecule has 98 valence electrons. The summed E-state index contributed by atoms with van der Waals surface area (Å²) < 4.78 is 13.3. The average molecular weight is 280 g/mol. The molecule has 1 N–H and O–H groups in total. The van der Waals surface area contributed by atoms with Gasteiger partial charge in [-0.15, -0.1) is 0 Å². The fraction of sp³-hybridized carbons (Fsp3) is 0.0714. The Kier molecular flexibility index (Phi) is 3.71. The molecule has 0 heterocycles. The van der Waals surface area contributed by atoms with Crippen LogP contribution in [0.1, 0.15) is 10.4 Å². The van der Waals surface area contributed by atoms with Crippen molar-refractivity contribution < 1.29 is 14.3 Å². The number of nitrogens with zero attached hydrogens (tertiary/aromatic N) is 1. The summed E-state index contributed by atoms with van der Waals surface area (Å²) in [5, 5.41) is 9.18. The van der Waals surface area contributed by atoms with Crippen LogP contribution in [0.5, 0.6) is 5.75 Å². The molecule has 0 aliphatic heterocycles. The first-order chi connectivity index (χ1) is 9.00. The summed E-state index contributed by atoms with van der Waals surface area (Å²) >= 11 is 5.78. The van der Waals surface area contributed by atoms with Gasteiger partial charge < -0.3 is 10.0 Å². The van der Waals surface area contributed by atoms with E-state index in [2.05, 4.69) is 0 Å². The van der Waals surface area contributed by atoms with Crippen LogP contribution < -0.4 is 4.90 Å². The van der Waals surface area contributed by atoms with Crippen molar-refractivity contribution in [2.45, 2.75) is 0 Å². The third-order valence-corrected chi connectivity index (χ3v) is 3.09. The van der Waals surface area contributed by atoms with Crippen LogP contribution in [0.3, 0.4) is 0 Å². The van der Waals surface area contributed by atoms with Crippen molar-refractivity contribution in [1.29, 1.82) is 0 Å². The van der Waals surface area contributed by atoms with Crippen molar-refractivity contribution in [3.63, 3.8) is 0 Å². The number of hydrogen-bond donors (Lipinski definition) is 1. The highest BCUT2D eigenvalue weighted by Crippen LogP contribution is 2.24. The largest absolute Gasteiger partial charge is 0.508 e. The number of carbonyl (C=O) groups is 1. The Morgan fingerprint density at radius 2 is 1.95 bits per heavy atom. The van der Waals surface area contributed by atoms with Crippen LogP contribution in [0.25, 0.3) is 0 Å². The van der Waals surface area contributed by atoms with Crippen molar-refractivity contribution in [1.82, 2.24) is 0 Å². The highest BCUT2D eigenvalue weighted by atomic mass is 35.5. The first-order valence-electron chi connectivity index (χ1n) is 5.52. The van der Waals surface area contributed by atoms with Gasteiger partial charge in [-0.1, -0.05) is 23.7 Å². The molecule has 1 amide bonds. The molecule has 0 bridgehead atoms. The molecule has 2 aromatic carbocycles. The van der Waals surface area contributed by atoms with Crippen LogP contribution in [-0.2, 0) is 0 Å². The fourth-order valence-corrected chi connectivity index (χ4v) is 1.88. The number of amides is 1. The van der Waals surface area contributed by atoms with E-state index in [0.29, 0.717) is 5.69 Å². The van der Waals surface area contributed by atoms with Crippen molar-refractivity contribution in [3.05, 3.63) is 58.9 Å². The van der Waals surface area contributed by atoms with Gasteiger partial charge in [-0.05, 0) is 24.3 Å². The number of hydrogen-bond acceptors (Lipinski definition) is 2. The van der Waals surface area contributed by atoms with E-state index in [9.17, 15) is 14.3 Å². The van der Waals surface area contributed by atoms with Gasteiger partial charge in [-0.3, -0.25) is 4.79 Å². The van der Waals surface area contributed by atoms with Crippen LogP contribution in [0.4, 0.5) is 10.1 Å². The normalized spacial score (nSPS) is 10.3. The third-order valence-electron chi connectivity index (χ3n) is 2.70. The molecule has 0 fully saturated rings. The Morgan fingerprint density at radius 1 is 1.26 bits per heavy atom. The Balaban J connectivity index is 2.36. The van der Waals surface area contributed by atoms with E-state index in [1.807, 2.05) is 0 Å². The SMILES string of the molecule is CN(C(=O)c1cccc(F)c1Cl)c1cccc(O)c1. The molecule has 0 aliphatic carbocycles. The molecule has 0 saturated heterocycles. The smallest absolute Gasteiger partial charge is 0.259 e. The minimum atomic E-state index is -0.642. The quantitative estimate of drug-likeness (QED) is 0.914. The number of phenols is 1. The summed E-state index contributed by atoms with van der Waals surface area (Å²) in [6, 6.07) is 10.3. The van der Waals surface area contributed by atoms with Gasteiger partial charge in [0, 0.05) is 18.8 Å². The maximum Gasteiger partial charge on any atom is 0.259 e. The second kappa shape index (κ2) is 5.28. The number of anilines is 1. The van der Waals surface area contributed by atoms with Gasteiger partial charge in [0.05, 0.1) is 10.6 Å². The van der Waals surface area contributed by atoms with Crippen LogP contribution in [0, 0.1) is 5.82 Å². The maximum absolute atomic E-state index is 13.3. The summed E-state index contributed by atoms with van der Waals surface area (Å²) in [7, 11) is 1.53. The molecular weight excluding hydrogens is 269 g/mol. The van der Waals surface area contributed by atoms with E-state index < -0.39 is 11.7 Å². The monoisotopic (exact) mass is 279 g/mol. The Hall–Kier alpha value is -2.07. The number of carbonyl (C=O) groups excluding carboxylic acids is 1. The summed E-state index contributed by atoms with van der Waals surface area (Å²) in [5.41, 5.74) is 0.567. The minimum Gasteiger partial charge on any atom is -0.508 e. The molecule has 2 rings (SSSR count). The van der Waals surface area contributed by atoms with Gasteiger partial charge in [0.25, 0.3) is 5.91 Å². The lowest BCUT2D eigenvalue weighted by molar-refractivity contribution is 0.0992. The zero-order valence-electron chi connectivity index (χ0n) is 10.1. The van der Waals surface area contributed by atoms with Crippen molar-refractivity contribution in [2.75, 3.05) is 11.9 Å². The van der Waals surface area contributed by atoms with Gasteiger partial charge in [0.1, 0.15) is 11.6 Å². The Bertz CT molecular complexity index is 631. The predicted molar refractivity (Wildman–Crippen MR) is 72.3 cm³/mol. The molecule has 5 heteroatoms. The van der Waals surface area contributed by atoms with Gasteiger partial charge in [-0.25, -0.2) is 4.39 Å². The van der Waals surface area contributed by atoms with E-state index >= 15 is 0 Å². The van der Waals surface area contributed by atoms with Gasteiger partial charge in [0.2, 0.25) is 0 Å². The minimum absolute atomic E-state index is 0.0440. The van der Waals surface area contributed by atoms with Crippen molar-refractivity contribution in [3.8, 4) is 5.75 Å². The molecule has 0 aromatic heterocycles. The maximum atomic E-state index is 13.3. The Labute approximate surface area is 114 Å². The molecule has 3 nitrogen and oxygen atoms in total. The average Bonchev–Trinajstić information content (AvgIpc) is 2.40. The fourth-order valence-electron chi connectivity index (χ4n) is 1.67.